The molecule has 0 radical (unpaired) electrons. The van der Waals surface area contributed by atoms with Crippen LogP contribution >= 0.6 is 11.3 Å². The van der Waals surface area contributed by atoms with Crippen molar-refractivity contribution in [2.45, 2.75) is 36.6 Å². The summed E-state index contributed by atoms with van der Waals surface area (Å²) in [5, 5.41) is 4.82. The molecule has 1 fully saturated rings. The van der Waals surface area contributed by atoms with E-state index in [1.165, 1.54) is 35.6 Å². The van der Waals surface area contributed by atoms with E-state index in [0.717, 1.165) is 31.2 Å². The second kappa shape index (κ2) is 8.63. The first-order chi connectivity index (χ1) is 14.4. The van der Waals surface area contributed by atoms with E-state index in [0.29, 0.717) is 10.8 Å². The zero-order valence-corrected chi connectivity index (χ0v) is 17.6. The van der Waals surface area contributed by atoms with Gasteiger partial charge < -0.3 is 0 Å². The Morgan fingerprint density at radius 1 is 1.10 bits per heavy atom. The van der Waals surface area contributed by atoms with E-state index < -0.39 is 15.9 Å². The lowest BCUT2D eigenvalue weighted by Gasteiger charge is -2.13. The SMILES string of the molecule is O=C(Nc1nc(-c2ccc(F)cc2)cs1)c1cccc(S(=O)(=O)NC2CCCC2)c1. The first kappa shape index (κ1) is 20.6. The van der Waals surface area contributed by atoms with E-state index in [2.05, 4.69) is 15.0 Å². The Hall–Kier alpha value is -2.62. The fraction of sp³-hybridized carbons (Fsp3) is 0.238. The number of nitrogens with zero attached hydrogens (tertiary/aromatic N) is 1. The predicted molar refractivity (Wildman–Crippen MR) is 114 cm³/mol. The van der Waals surface area contributed by atoms with E-state index in [1.54, 1.807) is 29.6 Å². The monoisotopic (exact) mass is 445 g/mol. The molecule has 1 aliphatic carbocycles. The lowest BCUT2D eigenvalue weighted by molar-refractivity contribution is 0.102. The van der Waals surface area contributed by atoms with Crippen LogP contribution in [0.1, 0.15) is 36.0 Å². The molecule has 2 N–H and O–H groups in total. The topological polar surface area (TPSA) is 88.2 Å². The van der Waals surface area contributed by atoms with Gasteiger partial charge in [0.2, 0.25) is 10.0 Å². The third-order valence-electron chi connectivity index (χ3n) is 4.95. The summed E-state index contributed by atoms with van der Waals surface area (Å²) in [4.78, 5) is 17.0. The Morgan fingerprint density at radius 3 is 2.57 bits per heavy atom. The summed E-state index contributed by atoms with van der Waals surface area (Å²) in [6.07, 6.45) is 3.70. The van der Waals surface area contributed by atoms with Crippen LogP contribution in [0.2, 0.25) is 0 Å². The van der Waals surface area contributed by atoms with E-state index >= 15 is 0 Å². The smallest absolute Gasteiger partial charge is 0.257 e. The summed E-state index contributed by atoms with van der Waals surface area (Å²) in [6.45, 7) is 0. The molecule has 1 heterocycles. The number of nitrogens with one attached hydrogen (secondary N) is 2. The number of thiazole rings is 1. The average molecular weight is 446 g/mol. The Bertz CT molecular complexity index is 1150. The van der Waals surface area contributed by atoms with Crippen molar-refractivity contribution < 1.29 is 17.6 Å². The minimum Gasteiger partial charge on any atom is -0.298 e. The fourth-order valence-corrected chi connectivity index (χ4v) is 5.45. The van der Waals surface area contributed by atoms with Crippen molar-refractivity contribution in [1.82, 2.24) is 9.71 Å². The molecule has 1 aromatic heterocycles. The maximum Gasteiger partial charge on any atom is 0.257 e. The zero-order chi connectivity index (χ0) is 21.1. The van der Waals surface area contributed by atoms with Crippen molar-refractivity contribution >= 4 is 32.4 Å². The Morgan fingerprint density at radius 2 is 1.83 bits per heavy atom. The number of aromatic nitrogens is 1. The summed E-state index contributed by atoms with van der Waals surface area (Å²) in [5.41, 5.74) is 1.58. The highest BCUT2D eigenvalue weighted by Gasteiger charge is 2.23. The molecular formula is C21H20FN3O3S2. The summed E-state index contributed by atoms with van der Waals surface area (Å²) in [6, 6.07) is 11.8. The Kier molecular flexibility index (Phi) is 5.94. The highest BCUT2D eigenvalue weighted by Crippen LogP contribution is 2.26. The van der Waals surface area contributed by atoms with Crippen molar-refractivity contribution in [3.8, 4) is 11.3 Å². The predicted octanol–water partition coefficient (Wildman–Crippen LogP) is 4.42. The lowest BCUT2D eigenvalue weighted by atomic mass is 10.2. The van der Waals surface area contributed by atoms with Crippen molar-refractivity contribution in [2.75, 3.05) is 5.32 Å². The number of anilines is 1. The van der Waals surface area contributed by atoms with E-state index in [9.17, 15) is 17.6 Å². The second-order valence-electron chi connectivity index (χ2n) is 7.13. The van der Waals surface area contributed by atoms with Gasteiger partial charge in [0.15, 0.2) is 5.13 Å². The first-order valence-corrected chi connectivity index (χ1v) is 11.9. The highest BCUT2D eigenvalue weighted by molar-refractivity contribution is 7.89. The molecule has 4 rings (SSSR count). The van der Waals surface area contributed by atoms with E-state index in [4.69, 9.17) is 0 Å². The van der Waals surface area contributed by atoms with Crippen LogP contribution in [0.5, 0.6) is 0 Å². The standard InChI is InChI=1S/C21H20FN3O3S2/c22-16-10-8-14(9-11-16)19-13-29-21(23-19)24-20(26)15-4-3-7-18(12-15)30(27,28)25-17-5-1-2-6-17/h3-4,7-13,17,25H,1-2,5-6H2,(H,23,24,26). The number of hydrogen-bond donors (Lipinski definition) is 2. The number of halogens is 1. The van der Waals surface area contributed by atoms with Gasteiger partial charge in [0, 0.05) is 22.5 Å². The van der Waals surface area contributed by atoms with Crippen LogP contribution in [0.15, 0.2) is 58.8 Å². The summed E-state index contributed by atoms with van der Waals surface area (Å²) < 4.78 is 41.0. The van der Waals surface area contributed by atoms with Gasteiger partial charge in [-0.1, -0.05) is 18.9 Å². The number of rotatable bonds is 6. The second-order valence-corrected chi connectivity index (χ2v) is 9.70. The molecule has 0 atom stereocenters. The zero-order valence-electron chi connectivity index (χ0n) is 16.0. The molecule has 2 aromatic carbocycles. The lowest BCUT2D eigenvalue weighted by Crippen LogP contribution is -2.32. The molecule has 0 spiro atoms. The molecule has 0 unspecified atom stereocenters. The van der Waals surface area contributed by atoms with Gasteiger partial charge >= 0.3 is 0 Å². The van der Waals surface area contributed by atoms with E-state index in [1.807, 2.05) is 0 Å². The van der Waals surface area contributed by atoms with Crippen molar-refractivity contribution in [2.24, 2.45) is 0 Å². The van der Waals surface area contributed by atoms with Gasteiger partial charge in [0.25, 0.3) is 5.91 Å². The van der Waals surface area contributed by atoms with Crippen LogP contribution in [-0.2, 0) is 10.0 Å². The summed E-state index contributed by atoms with van der Waals surface area (Å²) in [5.74, 6) is -0.785. The molecule has 1 amide bonds. The molecular weight excluding hydrogens is 425 g/mol. The third-order valence-corrected chi connectivity index (χ3v) is 7.22. The molecule has 6 nitrogen and oxygen atoms in total. The largest absolute Gasteiger partial charge is 0.298 e. The molecule has 156 valence electrons. The van der Waals surface area contributed by atoms with Gasteiger partial charge in [0.05, 0.1) is 10.6 Å². The van der Waals surface area contributed by atoms with Gasteiger partial charge in [-0.3, -0.25) is 10.1 Å². The van der Waals surface area contributed by atoms with Crippen LogP contribution in [0.3, 0.4) is 0 Å². The molecule has 0 aliphatic heterocycles. The van der Waals surface area contributed by atoms with Crippen LogP contribution in [-0.4, -0.2) is 25.4 Å². The Balaban J connectivity index is 1.47. The maximum absolute atomic E-state index is 13.1. The Labute approximate surface area is 178 Å². The van der Waals surface area contributed by atoms with E-state index in [-0.39, 0.29) is 22.3 Å². The molecule has 0 saturated heterocycles. The van der Waals surface area contributed by atoms with Gasteiger partial charge in [-0.05, 0) is 55.3 Å². The van der Waals surface area contributed by atoms with Crippen molar-refractivity contribution in [3.05, 3.63) is 65.3 Å². The van der Waals surface area contributed by atoms with Crippen LogP contribution in [0.25, 0.3) is 11.3 Å². The van der Waals surface area contributed by atoms with Crippen LogP contribution in [0, 0.1) is 5.82 Å². The minimum absolute atomic E-state index is 0.0484. The van der Waals surface area contributed by atoms with Gasteiger partial charge in [-0.2, -0.15) is 0 Å². The molecule has 30 heavy (non-hydrogen) atoms. The van der Waals surface area contributed by atoms with Crippen molar-refractivity contribution in [1.29, 1.82) is 0 Å². The van der Waals surface area contributed by atoms with Crippen LogP contribution in [0.4, 0.5) is 9.52 Å². The number of amides is 1. The van der Waals surface area contributed by atoms with Crippen molar-refractivity contribution in [3.63, 3.8) is 0 Å². The average Bonchev–Trinajstić information content (AvgIpc) is 3.40. The number of carbonyl (C=O) groups is 1. The quantitative estimate of drug-likeness (QED) is 0.588. The van der Waals surface area contributed by atoms with Crippen LogP contribution < -0.4 is 10.0 Å². The number of carbonyl (C=O) groups excluding carboxylic acids is 1. The van der Waals surface area contributed by atoms with Gasteiger partial charge in [-0.15, -0.1) is 11.3 Å². The van der Waals surface area contributed by atoms with Gasteiger partial charge in [-0.25, -0.2) is 22.5 Å². The molecule has 0 bridgehead atoms. The summed E-state index contributed by atoms with van der Waals surface area (Å²) >= 11 is 1.24. The minimum atomic E-state index is -3.68. The molecule has 1 saturated carbocycles. The number of sulfonamides is 1. The normalized spacial score (nSPS) is 14.7. The van der Waals surface area contributed by atoms with Gasteiger partial charge in [0.1, 0.15) is 5.82 Å². The number of benzene rings is 2. The number of hydrogen-bond acceptors (Lipinski definition) is 5. The first-order valence-electron chi connectivity index (χ1n) is 9.56. The molecule has 9 heteroatoms. The fourth-order valence-electron chi connectivity index (χ4n) is 3.39. The molecule has 3 aromatic rings. The summed E-state index contributed by atoms with van der Waals surface area (Å²) in [7, 11) is -3.68. The maximum atomic E-state index is 13.1. The molecule has 1 aliphatic rings. The highest BCUT2D eigenvalue weighted by atomic mass is 32.2. The third kappa shape index (κ3) is 4.75.